The summed E-state index contributed by atoms with van der Waals surface area (Å²) in [7, 11) is 0. The molecule has 1 aliphatic rings. The summed E-state index contributed by atoms with van der Waals surface area (Å²) in [6.07, 6.45) is 0. The Labute approximate surface area is 296 Å². The molecule has 2 heterocycles. The maximum absolute atomic E-state index is 7.01. The van der Waals surface area contributed by atoms with Crippen molar-refractivity contribution in [2.24, 2.45) is 0 Å². The highest BCUT2D eigenvalue weighted by Crippen LogP contribution is 2.50. The fourth-order valence-electron chi connectivity index (χ4n) is 7.54. The van der Waals surface area contributed by atoms with Crippen LogP contribution in [0.2, 0.25) is 0 Å². The van der Waals surface area contributed by atoms with Crippen LogP contribution in [0.4, 0.5) is 0 Å². The summed E-state index contributed by atoms with van der Waals surface area (Å²) in [4.78, 5) is 0. The second-order valence-electron chi connectivity index (χ2n) is 12.9. The van der Waals surface area contributed by atoms with Gasteiger partial charge < -0.3 is 14.0 Å². The van der Waals surface area contributed by atoms with Gasteiger partial charge in [0.25, 0.3) is 0 Å². The van der Waals surface area contributed by atoms with Gasteiger partial charge in [-0.2, -0.15) is 0 Å². The van der Waals surface area contributed by atoms with Crippen LogP contribution in [0.25, 0.3) is 72.0 Å². The highest BCUT2D eigenvalue weighted by Gasteiger charge is 2.24. The molecular formula is C48H31NO2. The van der Waals surface area contributed by atoms with Gasteiger partial charge in [-0.05, 0) is 76.9 Å². The topological polar surface area (TPSA) is 23.4 Å². The van der Waals surface area contributed by atoms with Crippen LogP contribution < -0.4 is 9.47 Å². The van der Waals surface area contributed by atoms with E-state index in [0.717, 1.165) is 78.7 Å². The molecule has 0 atom stereocenters. The molecule has 51 heavy (non-hydrogen) atoms. The Balaban J connectivity index is 1.25. The standard InChI is InChI=1S/C48H31NO2/c1-3-14-32(15-4-1)33-26-29-41-47(31-33)51-45-24-12-9-20-40(45)39-19-8-11-23-44(39)50-46-25-13-21-36(48(41)46)34-27-28-38-37-18-7-10-22-42(37)49(43(38)30-34)35-16-5-2-6-17-35/h1-31H. The molecule has 0 spiro atoms. The largest absolute Gasteiger partial charge is 0.456 e. The van der Waals surface area contributed by atoms with Gasteiger partial charge in [0.05, 0.1) is 11.0 Å². The van der Waals surface area contributed by atoms with Crippen LogP contribution in [0.15, 0.2) is 188 Å². The zero-order valence-electron chi connectivity index (χ0n) is 27.7. The van der Waals surface area contributed by atoms with Gasteiger partial charge >= 0.3 is 0 Å². The summed E-state index contributed by atoms with van der Waals surface area (Å²) in [5.41, 5.74) is 11.7. The summed E-state index contributed by atoms with van der Waals surface area (Å²) >= 11 is 0. The molecule has 0 unspecified atom stereocenters. The SMILES string of the molecule is c1ccc(-c2ccc3c(c2)Oc2ccccc2-c2ccccc2Oc2cccc(-c4ccc5c6ccccc6n(-c6ccccc6)c5c4)c2-3)cc1. The first kappa shape index (κ1) is 29.1. The summed E-state index contributed by atoms with van der Waals surface area (Å²) < 4.78 is 16.4. The van der Waals surface area contributed by atoms with Gasteiger partial charge in [0.2, 0.25) is 0 Å². The Morgan fingerprint density at radius 2 is 0.902 bits per heavy atom. The Bertz CT molecular complexity index is 2740. The van der Waals surface area contributed by atoms with Gasteiger partial charge in [-0.1, -0.05) is 133 Å². The quantitative estimate of drug-likeness (QED) is 0.189. The molecule has 0 amide bonds. The molecule has 0 saturated heterocycles. The normalized spacial score (nSPS) is 11.8. The van der Waals surface area contributed by atoms with Crippen molar-refractivity contribution < 1.29 is 9.47 Å². The van der Waals surface area contributed by atoms with E-state index < -0.39 is 0 Å². The third kappa shape index (κ3) is 4.90. The zero-order valence-corrected chi connectivity index (χ0v) is 27.7. The smallest absolute Gasteiger partial charge is 0.136 e. The van der Waals surface area contributed by atoms with Crippen molar-refractivity contribution in [2.75, 3.05) is 0 Å². The summed E-state index contributed by atoms with van der Waals surface area (Å²) in [5, 5.41) is 2.44. The number of rotatable bonds is 3. The van der Waals surface area contributed by atoms with Crippen LogP contribution in [-0.4, -0.2) is 4.57 Å². The molecule has 8 aromatic carbocycles. The first-order chi connectivity index (χ1) is 25.3. The average molecular weight is 654 g/mol. The highest BCUT2D eigenvalue weighted by atomic mass is 16.5. The molecule has 0 radical (unpaired) electrons. The highest BCUT2D eigenvalue weighted by molar-refractivity contribution is 6.10. The van der Waals surface area contributed by atoms with Crippen LogP contribution >= 0.6 is 0 Å². The lowest BCUT2D eigenvalue weighted by molar-refractivity contribution is 0.472. The lowest BCUT2D eigenvalue weighted by Gasteiger charge is -2.23. The van der Waals surface area contributed by atoms with Crippen molar-refractivity contribution in [3.8, 4) is 73.2 Å². The van der Waals surface area contributed by atoms with Gasteiger partial charge in [0.1, 0.15) is 23.0 Å². The van der Waals surface area contributed by atoms with E-state index in [9.17, 15) is 0 Å². The molecule has 0 fully saturated rings. The number of nitrogens with zero attached hydrogens (tertiary/aromatic N) is 1. The predicted octanol–water partition coefficient (Wildman–Crippen LogP) is 13.3. The molecule has 240 valence electrons. The van der Waals surface area contributed by atoms with Crippen LogP contribution in [0.3, 0.4) is 0 Å². The maximum atomic E-state index is 7.01. The van der Waals surface area contributed by atoms with E-state index in [0.29, 0.717) is 0 Å². The van der Waals surface area contributed by atoms with Gasteiger partial charge in [-0.15, -0.1) is 0 Å². The van der Waals surface area contributed by atoms with Gasteiger partial charge in [-0.25, -0.2) is 0 Å². The van der Waals surface area contributed by atoms with Crippen molar-refractivity contribution in [1.82, 2.24) is 4.57 Å². The molecule has 3 heteroatoms. The van der Waals surface area contributed by atoms with Gasteiger partial charge in [0, 0.05) is 38.7 Å². The van der Waals surface area contributed by atoms with Crippen molar-refractivity contribution in [3.63, 3.8) is 0 Å². The number of para-hydroxylation sites is 4. The minimum absolute atomic E-state index is 0.764. The number of benzene rings is 8. The monoisotopic (exact) mass is 653 g/mol. The second-order valence-corrected chi connectivity index (χ2v) is 12.9. The van der Waals surface area contributed by atoms with E-state index in [4.69, 9.17) is 9.47 Å². The van der Waals surface area contributed by atoms with Crippen LogP contribution in [-0.2, 0) is 0 Å². The summed E-state index contributed by atoms with van der Waals surface area (Å²) in [6, 6.07) is 65.8. The van der Waals surface area contributed by atoms with Crippen molar-refractivity contribution >= 4 is 21.8 Å². The Morgan fingerprint density at radius 1 is 0.314 bits per heavy atom. The molecule has 0 bridgehead atoms. The Morgan fingerprint density at radius 3 is 1.69 bits per heavy atom. The number of hydrogen-bond donors (Lipinski definition) is 0. The first-order valence-corrected chi connectivity index (χ1v) is 17.3. The molecular weight excluding hydrogens is 623 g/mol. The lowest BCUT2D eigenvalue weighted by atomic mass is 9.91. The second kappa shape index (κ2) is 11.9. The molecule has 10 rings (SSSR count). The number of hydrogen-bond acceptors (Lipinski definition) is 2. The molecule has 3 nitrogen and oxygen atoms in total. The Hall–Kier alpha value is -6.84. The maximum Gasteiger partial charge on any atom is 0.136 e. The number of aromatic nitrogens is 1. The van der Waals surface area contributed by atoms with E-state index in [-0.39, 0.29) is 0 Å². The van der Waals surface area contributed by atoms with Gasteiger partial charge in [0.15, 0.2) is 0 Å². The fraction of sp³-hybridized carbons (Fsp3) is 0. The fourth-order valence-corrected chi connectivity index (χ4v) is 7.54. The minimum Gasteiger partial charge on any atom is -0.456 e. The molecule has 0 saturated carbocycles. The molecule has 1 aliphatic heterocycles. The van der Waals surface area contributed by atoms with Crippen molar-refractivity contribution in [3.05, 3.63) is 188 Å². The van der Waals surface area contributed by atoms with E-state index >= 15 is 0 Å². The minimum atomic E-state index is 0.764. The van der Waals surface area contributed by atoms with E-state index in [1.54, 1.807) is 0 Å². The van der Waals surface area contributed by atoms with Crippen LogP contribution in [0, 0.1) is 0 Å². The third-order valence-electron chi connectivity index (χ3n) is 9.89. The van der Waals surface area contributed by atoms with E-state index in [1.165, 1.54) is 16.3 Å². The average Bonchev–Trinajstić information content (AvgIpc) is 3.53. The number of ether oxygens (including phenoxy) is 2. The van der Waals surface area contributed by atoms with Crippen LogP contribution in [0.5, 0.6) is 23.0 Å². The van der Waals surface area contributed by atoms with Crippen LogP contribution in [0.1, 0.15) is 0 Å². The predicted molar refractivity (Wildman–Crippen MR) is 209 cm³/mol. The molecule has 1 aromatic heterocycles. The summed E-state index contributed by atoms with van der Waals surface area (Å²) in [5.74, 6) is 3.08. The first-order valence-electron chi connectivity index (χ1n) is 17.3. The molecule has 9 aromatic rings. The summed E-state index contributed by atoms with van der Waals surface area (Å²) in [6.45, 7) is 0. The van der Waals surface area contributed by atoms with Gasteiger partial charge in [-0.3, -0.25) is 0 Å². The van der Waals surface area contributed by atoms with Crippen molar-refractivity contribution in [1.29, 1.82) is 0 Å². The van der Waals surface area contributed by atoms with E-state index in [2.05, 4.69) is 150 Å². The zero-order chi connectivity index (χ0) is 33.7. The van der Waals surface area contributed by atoms with Crippen molar-refractivity contribution in [2.45, 2.75) is 0 Å². The third-order valence-corrected chi connectivity index (χ3v) is 9.89. The molecule has 0 N–H and O–H groups in total. The van der Waals surface area contributed by atoms with E-state index in [1.807, 2.05) is 42.5 Å². The molecule has 0 aliphatic carbocycles. The number of fused-ring (bicyclic) bond motifs is 9. The Kier molecular flexibility index (Phi) is 6.81. The lowest BCUT2D eigenvalue weighted by Crippen LogP contribution is -1.99.